The highest BCUT2D eigenvalue weighted by Crippen LogP contribution is 2.20. The summed E-state index contributed by atoms with van der Waals surface area (Å²) in [6.07, 6.45) is 1.08. The van der Waals surface area contributed by atoms with Crippen LogP contribution in [0, 0.1) is 5.82 Å². The van der Waals surface area contributed by atoms with Gasteiger partial charge in [0.05, 0.1) is 0 Å². The van der Waals surface area contributed by atoms with Gasteiger partial charge in [-0.2, -0.15) is 0 Å². The highest BCUT2D eigenvalue weighted by molar-refractivity contribution is 5.53. The van der Waals surface area contributed by atoms with Gasteiger partial charge < -0.3 is 15.1 Å². The first-order valence-corrected chi connectivity index (χ1v) is 6.89. The molecular weight excluding hydrogens is 241 g/mol. The molecule has 0 spiro atoms. The quantitative estimate of drug-likeness (QED) is 0.729. The molecule has 0 saturated heterocycles. The molecule has 0 unspecified atom stereocenters. The van der Waals surface area contributed by atoms with E-state index < -0.39 is 0 Å². The van der Waals surface area contributed by atoms with Crippen molar-refractivity contribution in [3.05, 3.63) is 29.6 Å². The van der Waals surface area contributed by atoms with Crippen LogP contribution in [0.4, 0.5) is 10.1 Å². The molecule has 0 amide bonds. The van der Waals surface area contributed by atoms with Crippen molar-refractivity contribution in [2.24, 2.45) is 0 Å². The molecule has 1 rings (SSSR count). The molecule has 108 valence electrons. The first-order chi connectivity index (χ1) is 9.04. The summed E-state index contributed by atoms with van der Waals surface area (Å²) < 4.78 is 13.4. The predicted octanol–water partition coefficient (Wildman–Crippen LogP) is 2.32. The number of rotatable bonds is 8. The summed E-state index contributed by atoms with van der Waals surface area (Å²) in [6, 6.07) is 5.03. The minimum Gasteiger partial charge on any atom is -0.373 e. The van der Waals surface area contributed by atoms with Crippen LogP contribution in [0.2, 0.25) is 0 Å². The molecule has 0 aliphatic rings. The summed E-state index contributed by atoms with van der Waals surface area (Å²) in [5, 5.41) is 3.33. The van der Waals surface area contributed by atoms with Crippen LogP contribution in [-0.2, 0) is 6.54 Å². The molecule has 0 radical (unpaired) electrons. The first kappa shape index (κ1) is 15.9. The summed E-state index contributed by atoms with van der Waals surface area (Å²) >= 11 is 0. The Morgan fingerprint density at radius 2 is 1.89 bits per heavy atom. The maximum absolute atomic E-state index is 13.4. The normalized spacial score (nSPS) is 11.1. The minimum atomic E-state index is -0.168. The third-order valence-corrected chi connectivity index (χ3v) is 3.08. The van der Waals surface area contributed by atoms with E-state index >= 15 is 0 Å². The Morgan fingerprint density at radius 1 is 1.16 bits per heavy atom. The number of likely N-dealkylation sites (N-methyl/N-ethyl adjacent to an activating group) is 2. The van der Waals surface area contributed by atoms with Crippen molar-refractivity contribution >= 4 is 5.69 Å². The molecule has 0 aliphatic heterocycles. The molecule has 19 heavy (non-hydrogen) atoms. The van der Waals surface area contributed by atoms with Gasteiger partial charge in [-0.05, 0) is 50.8 Å². The molecule has 3 nitrogen and oxygen atoms in total. The van der Waals surface area contributed by atoms with E-state index in [0.29, 0.717) is 6.54 Å². The lowest BCUT2D eigenvalue weighted by molar-refractivity contribution is 0.416. The van der Waals surface area contributed by atoms with Gasteiger partial charge in [0.1, 0.15) is 5.82 Å². The number of anilines is 1. The molecule has 0 heterocycles. The second kappa shape index (κ2) is 8.12. The molecule has 0 aromatic heterocycles. The van der Waals surface area contributed by atoms with Gasteiger partial charge >= 0.3 is 0 Å². The standard InChI is InChI=1S/C15H26FN3/c1-5-8-17-12-13-11-14(16)6-7-15(13)19(4)10-9-18(2)3/h6-7,11,17H,5,8-10,12H2,1-4H3. The van der Waals surface area contributed by atoms with Gasteiger partial charge in [-0.3, -0.25) is 0 Å². The molecule has 0 fully saturated rings. The fraction of sp³-hybridized carbons (Fsp3) is 0.600. The number of benzene rings is 1. The smallest absolute Gasteiger partial charge is 0.123 e. The van der Waals surface area contributed by atoms with Gasteiger partial charge in [-0.15, -0.1) is 0 Å². The Bertz CT molecular complexity index is 380. The zero-order chi connectivity index (χ0) is 14.3. The lowest BCUT2D eigenvalue weighted by atomic mass is 10.1. The lowest BCUT2D eigenvalue weighted by Crippen LogP contribution is -2.29. The number of nitrogens with zero attached hydrogens (tertiary/aromatic N) is 2. The van der Waals surface area contributed by atoms with Gasteiger partial charge in [0.25, 0.3) is 0 Å². The SMILES string of the molecule is CCCNCc1cc(F)ccc1N(C)CCN(C)C. The Labute approximate surface area is 116 Å². The third kappa shape index (κ3) is 5.57. The Balaban J connectivity index is 2.74. The molecule has 4 heteroatoms. The van der Waals surface area contributed by atoms with E-state index in [9.17, 15) is 4.39 Å². The number of halogens is 1. The summed E-state index contributed by atoms with van der Waals surface area (Å²) in [5.74, 6) is -0.168. The largest absolute Gasteiger partial charge is 0.373 e. The van der Waals surface area contributed by atoms with Crippen molar-refractivity contribution in [2.45, 2.75) is 19.9 Å². The Kier molecular flexibility index (Phi) is 6.81. The van der Waals surface area contributed by atoms with E-state index in [0.717, 1.165) is 37.3 Å². The Morgan fingerprint density at radius 3 is 2.53 bits per heavy atom. The van der Waals surface area contributed by atoms with Gasteiger partial charge in [0.2, 0.25) is 0 Å². The van der Waals surface area contributed by atoms with Crippen LogP contribution in [0.3, 0.4) is 0 Å². The van der Waals surface area contributed by atoms with Crippen molar-refractivity contribution in [1.82, 2.24) is 10.2 Å². The van der Waals surface area contributed by atoms with Crippen LogP contribution >= 0.6 is 0 Å². The van der Waals surface area contributed by atoms with Crippen molar-refractivity contribution < 1.29 is 4.39 Å². The van der Waals surface area contributed by atoms with Crippen molar-refractivity contribution in [3.8, 4) is 0 Å². The van der Waals surface area contributed by atoms with Gasteiger partial charge in [0, 0.05) is 32.4 Å². The van der Waals surface area contributed by atoms with Crippen LogP contribution in [0.5, 0.6) is 0 Å². The fourth-order valence-electron chi connectivity index (χ4n) is 1.94. The monoisotopic (exact) mass is 267 g/mol. The van der Waals surface area contributed by atoms with Gasteiger partial charge in [0.15, 0.2) is 0 Å². The van der Waals surface area contributed by atoms with E-state index in [-0.39, 0.29) is 5.82 Å². The highest BCUT2D eigenvalue weighted by atomic mass is 19.1. The average Bonchev–Trinajstić information content (AvgIpc) is 2.36. The molecule has 1 aromatic carbocycles. The fourth-order valence-corrected chi connectivity index (χ4v) is 1.94. The van der Waals surface area contributed by atoms with E-state index in [1.807, 2.05) is 6.07 Å². The molecule has 0 bridgehead atoms. The second-order valence-electron chi connectivity index (χ2n) is 5.17. The third-order valence-electron chi connectivity index (χ3n) is 3.08. The maximum atomic E-state index is 13.4. The van der Waals surface area contributed by atoms with E-state index in [1.54, 1.807) is 6.07 Å². The van der Waals surface area contributed by atoms with Crippen LogP contribution in [-0.4, -0.2) is 45.7 Å². The van der Waals surface area contributed by atoms with E-state index in [4.69, 9.17) is 0 Å². The van der Waals surface area contributed by atoms with Crippen LogP contribution in [0.25, 0.3) is 0 Å². The van der Waals surface area contributed by atoms with Crippen molar-refractivity contribution in [1.29, 1.82) is 0 Å². The minimum absolute atomic E-state index is 0.168. The highest BCUT2D eigenvalue weighted by Gasteiger charge is 2.08. The summed E-state index contributed by atoms with van der Waals surface area (Å²) in [5.41, 5.74) is 2.13. The van der Waals surface area contributed by atoms with Crippen LogP contribution in [0.1, 0.15) is 18.9 Å². The zero-order valence-corrected chi connectivity index (χ0v) is 12.5. The van der Waals surface area contributed by atoms with Crippen molar-refractivity contribution in [2.75, 3.05) is 45.7 Å². The number of nitrogens with one attached hydrogen (secondary N) is 1. The molecular formula is C15H26FN3. The molecule has 0 saturated carbocycles. The van der Waals surface area contributed by atoms with E-state index in [1.165, 1.54) is 6.07 Å². The summed E-state index contributed by atoms with van der Waals surface area (Å²) in [6.45, 7) is 5.71. The predicted molar refractivity (Wildman–Crippen MR) is 80.2 cm³/mol. The summed E-state index contributed by atoms with van der Waals surface area (Å²) in [4.78, 5) is 4.33. The summed E-state index contributed by atoms with van der Waals surface area (Å²) in [7, 11) is 6.17. The topological polar surface area (TPSA) is 18.5 Å². The van der Waals surface area contributed by atoms with E-state index in [2.05, 4.69) is 43.2 Å². The lowest BCUT2D eigenvalue weighted by Gasteiger charge is -2.24. The molecule has 1 aromatic rings. The molecule has 0 aliphatic carbocycles. The van der Waals surface area contributed by atoms with Crippen LogP contribution < -0.4 is 10.2 Å². The molecule has 1 N–H and O–H groups in total. The number of hydrogen-bond donors (Lipinski definition) is 1. The zero-order valence-electron chi connectivity index (χ0n) is 12.5. The van der Waals surface area contributed by atoms with Crippen molar-refractivity contribution in [3.63, 3.8) is 0 Å². The number of hydrogen-bond acceptors (Lipinski definition) is 3. The average molecular weight is 267 g/mol. The second-order valence-corrected chi connectivity index (χ2v) is 5.17. The maximum Gasteiger partial charge on any atom is 0.123 e. The molecule has 0 atom stereocenters. The van der Waals surface area contributed by atoms with Crippen LogP contribution in [0.15, 0.2) is 18.2 Å². The van der Waals surface area contributed by atoms with Gasteiger partial charge in [-0.25, -0.2) is 4.39 Å². The first-order valence-electron chi connectivity index (χ1n) is 6.89. The Hall–Kier alpha value is -1.13. The van der Waals surface area contributed by atoms with Gasteiger partial charge in [-0.1, -0.05) is 6.92 Å².